The summed E-state index contributed by atoms with van der Waals surface area (Å²) in [5, 5.41) is 3.34. The number of hydrogen-bond donors (Lipinski definition) is 2. The lowest BCUT2D eigenvalue weighted by Gasteiger charge is -2.02. The van der Waals surface area contributed by atoms with Gasteiger partial charge in [0.25, 0.3) is 0 Å². The van der Waals surface area contributed by atoms with Crippen molar-refractivity contribution >= 4 is 33.0 Å². The number of nitrogens with two attached hydrogens (primary N) is 1. The number of hydrogen-bond acceptors (Lipinski definition) is 4. The van der Waals surface area contributed by atoms with Gasteiger partial charge in [-0.1, -0.05) is 0 Å². The van der Waals surface area contributed by atoms with Crippen LogP contribution in [0.2, 0.25) is 0 Å². The van der Waals surface area contributed by atoms with E-state index in [9.17, 15) is 0 Å². The third-order valence-corrected chi connectivity index (χ3v) is 3.71. The van der Waals surface area contributed by atoms with Crippen LogP contribution in [0.25, 0.3) is 0 Å². The van der Waals surface area contributed by atoms with E-state index >= 15 is 0 Å². The van der Waals surface area contributed by atoms with E-state index < -0.39 is 0 Å². The van der Waals surface area contributed by atoms with E-state index in [2.05, 4.69) is 38.4 Å². The minimum absolute atomic E-state index is 0.700. The van der Waals surface area contributed by atoms with Crippen LogP contribution in [0.5, 0.6) is 0 Å². The fourth-order valence-corrected chi connectivity index (χ4v) is 2.75. The van der Waals surface area contributed by atoms with Crippen molar-refractivity contribution < 1.29 is 0 Å². The molecule has 3 N–H and O–H groups in total. The quantitative estimate of drug-likeness (QED) is 0.912. The lowest BCUT2D eigenvalue weighted by molar-refractivity contribution is 0.687. The second kappa shape index (κ2) is 5.43. The Morgan fingerprint density at radius 3 is 2.75 bits per heavy atom. The van der Waals surface area contributed by atoms with Gasteiger partial charge >= 0.3 is 0 Å². The van der Waals surface area contributed by atoms with Crippen LogP contribution in [-0.2, 0) is 13.1 Å². The number of aromatic nitrogens is 1. The summed E-state index contributed by atoms with van der Waals surface area (Å²) in [4.78, 5) is 5.53. The van der Waals surface area contributed by atoms with Crippen LogP contribution in [-0.4, -0.2) is 4.98 Å². The van der Waals surface area contributed by atoms with Gasteiger partial charge in [0, 0.05) is 18.0 Å². The van der Waals surface area contributed by atoms with Crippen LogP contribution in [0.1, 0.15) is 10.6 Å². The topological polar surface area (TPSA) is 50.9 Å². The molecule has 5 heteroatoms. The molecule has 0 aliphatic heterocycles. The molecule has 2 aromatic rings. The van der Waals surface area contributed by atoms with Gasteiger partial charge in [0.05, 0.1) is 21.4 Å². The molecular weight excluding hydrogens is 286 g/mol. The van der Waals surface area contributed by atoms with Crippen LogP contribution in [0.4, 0.5) is 5.69 Å². The van der Waals surface area contributed by atoms with Gasteiger partial charge in [-0.15, -0.1) is 11.3 Å². The lowest BCUT2D eigenvalue weighted by Crippen LogP contribution is -2.12. The molecule has 0 unspecified atom stereocenters. The molecule has 0 aromatic carbocycles. The van der Waals surface area contributed by atoms with Crippen LogP contribution < -0.4 is 11.1 Å². The van der Waals surface area contributed by atoms with E-state index in [1.807, 2.05) is 12.1 Å². The van der Waals surface area contributed by atoms with E-state index in [1.165, 1.54) is 4.88 Å². The molecule has 0 spiro atoms. The third-order valence-electron chi connectivity index (χ3n) is 2.08. The second-order valence-electron chi connectivity index (χ2n) is 3.39. The van der Waals surface area contributed by atoms with Gasteiger partial charge in [0.1, 0.15) is 0 Å². The zero-order chi connectivity index (χ0) is 11.4. The number of nitrogens with zero attached hydrogens (tertiary/aromatic N) is 1. The zero-order valence-electron chi connectivity index (χ0n) is 8.61. The van der Waals surface area contributed by atoms with Crippen molar-refractivity contribution in [1.29, 1.82) is 0 Å². The van der Waals surface area contributed by atoms with Gasteiger partial charge in [0.2, 0.25) is 0 Å². The highest BCUT2D eigenvalue weighted by Gasteiger charge is 1.98. The summed E-state index contributed by atoms with van der Waals surface area (Å²) in [6, 6.07) is 7.97. The van der Waals surface area contributed by atoms with Gasteiger partial charge in [-0.25, -0.2) is 0 Å². The Labute approximate surface area is 107 Å². The average molecular weight is 298 g/mol. The molecule has 84 valence electrons. The van der Waals surface area contributed by atoms with Crippen molar-refractivity contribution in [1.82, 2.24) is 10.3 Å². The Hall–Kier alpha value is -0.910. The molecular formula is C11H12BrN3S. The van der Waals surface area contributed by atoms with Crippen molar-refractivity contribution in [2.75, 3.05) is 5.73 Å². The first-order chi connectivity index (χ1) is 7.74. The standard InChI is InChI=1S/C11H12BrN3S/c12-11-4-3-10(16-11)7-14-6-9-2-1-8(13)5-15-9/h1-5,14H,6-7,13H2. The van der Waals surface area contributed by atoms with E-state index in [1.54, 1.807) is 17.5 Å². The smallest absolute Gasteiger partial charge is 0.0701 e. The van der Waals surface area contributed by atoms with Crippen molar-refractivity contribution in [3.63, 3.8) is 0 Å². The minimum atomic E-state index is 0.700. The number of nitrogen functional groups attached to an aromatic ring is 1. The molecule has 16 heavy (non-hydrogen) atoms. The van der Waals surface area contributed by atoms with Crippen LogP contribution >= 0.6 is 27.3 Å². The Bertz CT molecular complexity index is 453. The minimum Gasteiger partial charge on any atom is -0.397 e. The second-order valence-corrected chi connectivity index (χ2v) is 5.94. The average Bonchev–Trinajstić information content (AvgIpc) is 2.67. The van der Waals surface area contributed by atoms with Crippen molar-refractivity contribution in [3.8, 4) is 0 Å². The highest BCUT2D eigenvalue weighted by molar-refractivity contribution is 9.11. The van der Waals surface area contributed by atoms with E-state index in [0.717, 1.165) is 22.6 Å². The van der Waals surface area contributed by atoms with Crippen LogP contribution in [0.3, 0.4) is 0 Å². The lowest BCUT2D eigenvalue weighted by atomic mass is 10.3. The van der Waals surface area contributed by atoms with E-state index in [4.69, 9.17) is 5.73 Å². The first-order valence-corrected chi connectivity index (χ1v) is 6.50. The largest absolute Gasteiger partial charge is 0.397 e. The molecule has 0 saturated heterocycles. The fourth-order valence-electron chi connectivity index (χ4n) is 1.30. The number of nitrogens with one attached hydrogen (secondary N) is 1. The predicted molar refractivity (Wildman–Crippen MR) is 71.2 cm³/mol. The summed E-state index contributed by atoms with van der Waals surface area (Å²) in [7, 11) is 0. The van der Waals surface area contributed by atoms with Gasteiger partial charge in [-0.3, -0.25) is 4.98 Å². The molecule has 0 atom stereocenters. The first kappa shape index (κ1) is 11.6. The molecule has 0 amide bonds. The van der Waals surface area contributed by atoms with E-state index in [0.29, 0.717) is 5.69 Å². The molecule has 0 aliphatic rings. The molecule has 3 nitrogen and oxygen atoms in total. The summed E-state index contributed by atoms with van der Waals surface area (Å²) < 4.78 is 1.16. The monoisotopic (exact) mass is 297 g/mol. The predicted octanol–water partition coefficient (Wildman–Crippen LogP) is 2.78. The third kappa shape index (κ3) is 3.30. The molecule has 2 heterocycles. The van der Waals surface area contributed by atoms with Crippen molar-refractivity contribution in [2.45, 2.75) is 13.1 Å². The number of anilines is 1. The number of thiophene rings is 1. The van der Waals surface area contributed by atoms with Crippen molar-refractivity contribution in [2.24, 2.45) is 0 Å². The molecule has 0 radical (unpaired) electrons. The summed E-state index contributed by atoms with van der Waals surface area (Å²) in [5.74, 6) is 0. The molecule has 0 saturated carbocycles. The summed E-state index contributed by atoms with van der Waals surface area (Å²) in [6.07, 6.45) is 1.68. The number of halogens is 1. The van der Waals surface area contributed by atoms with Crippen LogP contribution in [0, 0.1) is 0 Å². The van der Waals surface area contributed by atoms with Gasteiger partial charge in [-0.2, -0.15) is 0 Å². The van der Waals surface area contributed by atoms with Crippen molar-refractivity contribution in [3.05, 3.63) is 44.8 Å². The van der Waals surface area contributed by atoms with Crippen LogP contribution in [0.15, 0.2) is 34.2 Å². The summed E-state index contributed by atoms with van der Waals surface area (Å²) in [5.41, 5.74) is 7.27. The summed E-state index contributed by atoms with van der Waals surface area (Å²) in [6.45, 7) is 1.62. The molecule has 0 fully saturated rings. The maximum absolute atomic E-state index is 5.56. The summed E-state index contributed by atoms with van der Waals surface area (Å²) >= 11 is 5.18. The first-order valence-electron chi connectivity index (χ1n) is 4.89. The maximum Gasteiger partial charge on any atom is 0.0701 e. The van der Waals surface area contributed by atoms with Gasteiger partial charge < -0.3 is 11.1 Å². The Morgan fingerprint density at radius 2 is 2.12 bits per heavy atom. The normalized spacial score (nSPS) is 10.6. The Morgan fingerprint density at radius 1 is 1.25 bits per heavy atom. The van der Waals surface area contributed by atoms with Gasteiger partial charge in [0.15, 0.2) is 0 Å². The molecule has 0 bridgehead atoms. The van der Waals surface area contributed by atoms with Gasteiger partial charge in [-0.05, 0) is 40.2 Å². The fraction of sp³-hybridized carbons (Fsp3) is 0.182. The highest BCUT2D eigenvalue weighted by Crippen LogP contribution is 2.21. The Kier molecular flexibility index (Phi) is 3.93. The molecule has 2 aromatic heterocycles. The van der Waals surface area contributed by atoms with E-state index in [-0.39, 0.29) is 0 Å². The maximum atomic E-state index is 5.56. The number of rotatable bonds is 4. The number of pyridine rings is 1. The molecule has 2 rings (SSSR count). The zero-order valence-corrected chi connectivity index (χ0v) is 11.0. The molecule has 0 aliphatic carbocycles. The Balaban J connectivity index is 1.82. The highest BCUT2D eigenvalue weighted by atomic mass is 79.9. The SMILES string of the molecule is Nc1ccc(CNCc2ccc(Br)s2)nc1.